The van der Waals surface area contributed by atoms with Gasteiger partial charge in [-0.05, 0) is 55.9 Å². The number of hydrogen-bond acceptors (Lipinski definition) is 5. The molecule has 2 aromatic carbocycles. The van der Waals surface area contributed by atoms with Gasteiger partial charge < -0.3 is 15.5 Å². The van der Waals surface area contributed by atoms with E-state index in [1.807, 2.05) is 52.2 Å². The molecular weight excluding hydrogens is 440 g/mol. The molecule has 33 heavy (non-hydrogen) atoms. The fraction of sp³-hybridized carbons (Fsp3) is 0.417. The Hall–Kier alpha value is -2.75. The van der Waals surface area contributed by atoms with Gasteiger partial charge in [-0.2, -0.15) is 4.31 Å². The number of aryl methyl sites for hydroxylation is 1. The van der Waals surface area contributed by atoms with Gasteiger partial charge in [-0.1, -0.05) is 38.1 Å². The maximum Gasteiger partial charge on any atom is 0.243 e. The number of amides is 2. The van der Waals surface area contributed by atoms with Gasteiger partial charge in [0.2, 0.25) is 21.8 Å². The van der Waals surface area contributed by atoms with Crippen molar-refractivity contribution in [2.75, 3.05) is 39.0 Å². The van der Waals surface area contributed by atoms with Crippen molar-refractivity contribution < 1.29 is 18.0 Å². The van der Waals surface area contributed by atoms with Crippen molar-refractivity contribution >= 4 is 27.5 Å². The first-order valence-electron chi connectivity index (χ1n) is 11.0. The number of sulfonamides is 1. The van der Waals surface area contributed by atoms with E-state index < -0.39 is 10.0 Å². The van der Waals surface area contributed by atoms with Crippen molar-refractivity contribution in [2.24, 2.45) is 0 Å². The topological polar surface area (TPSA) is 98.8 Å². The number of benzene rings is 2. The Kier molecular flexibility index (Phi) is 10.0. The Morgan fingerprint density at radius 1 is 0.909 bits per heavy atom. The molecule has 0 saturated heterocycles. The van der Waals surface area contributed by atoms with Gasteiger partial charge in [0.15, 0.2) is 0 Å². The molecule has 0 aliphatic rings. The van der Waals surface area contributed by atoms with Gasteiger partial charge in [0.1, 0.15) is 0 Å². The zero-order valence-corrected chi connectivity index (χ0v) is 20.6. The molecule has 0 fully saturated rings. The van der Waals surface area contributed by atoms with Crippen molar-refractivity contribution in [3.8, 4) is 0 Å². The Balaban J connectivity index is 1.85. The van der Waals surface area contributed by atoms with Gasteiger partial charge in [0.05, 0.1) is 11.4 Å². The SMILES string of the molecule is CCN(CC)S(=O)(=O)c1ccc(CCC(=O)NCc2cccc(NC(=O)CN(C)C)c2)cc1. The molecule has 0 radical (unpaired) electrons. The van der Waals surface area contributed by atoms with Crippen LogP contribution in [0.2, 0.25) is 0 Å². The Bertz CT molecular complexity index is 1030. The molecule has 2 rings (SSSR count). The van der Waals surface area contributed by atoms with Gasteiger partial charge in [0.25, 0.3) is 0 Å². The average molecular weight is 475 g/mol. The van der Waals surface area contributed by atoms with Crippen LogP contribution in [0, 0.1) is 0 Å². The molecule has 0 atom stereocenters. The van der Waals surface area contributed by atoms with Gasteiger partial charge in [-0.15, -0.1) is 0 Å². The number of anilines is 1. The molecule has 8 nitrogen and oxygen atoms in total. The summed E-state index contributed by atoms with van der Waals surface area (Å²) >= 11 is 0. The predicted molar refractivity (Wildman–Crippen MR) is 130 cm³/mol. The third kappa shape index (κ3) is 8.27. The molecule has 0 bridgehead atoms. The predicted octanol–water partition coefficient (Wildman–Crippen LogP) is 2.47. The van der Waals surface area contributed by atoms with Crippen molar-refractivity contribution in [3.63, 3.8) is 0 Å². The third-order valence-electron chi connectivity index (χ3n) is 5.07. The van der Waals surface area contributed by atoms with Crippen LogP contribution in [0.15, 0.2) is 53.4 Å². The standard InChI is InChI=1S/C24H34N4O4S/c1-5-28(6-2)33(31,32)22-13-10-19(11-14-22)12-15-23(29)25-17-20-8-7-9-21(16-20)26-24(30)18-27(3)4/h7-11,13-14,16H,5-6,12,15,17-18H2,1-4H3,(H,25,29)(H,26,30). The van der Waals surface area contributed by atoms with Crippen LogP contribution in [-0.4, -0.2) is 63.2 Å². The first kappa shape index (κ1) is 26.5. The fourth-order valence-corrected chi connectivity index (χ4v) is 4.79. The van der Waals surface area contributed by atoms with Crippen LogP contribution in [0.25, 0.3) is 0 Å². The molecule has 0 aliphatic heterocycles. The van der Waals surface area contributed by atoms with E-state index >= 15 is 0 Å². The summed E-state index contributed by atoms with van der Waals surface area (Å²) in [6.07, 6.45) is 0.805. The number of rotatable bonds is 12. The smallest absolute Gasteiger partial charge is 0.243 e. The van der Waals surface area contributed by atoms with E-state index in [1.165, 1.54) is 4.31 Å². The first-order valence-corrected chi connectivity index (χ1v) is 12.5. The van der Waals surface area contributed by atoms with E-state index in [0.29, 0.717) is 44.7 Å². The Morgan fingerprint density at radius 2 is 1.58 bits per heavy atom. The summed E-state index contributed by atoms with van der Waals surface area (Å²) in [6, 6.07) is 14.1. The lowest BCUT2D eigenvalue weighted by Crippen LogP contribution is -2.30. The van der Waals surface area contributed by atoms with Crippen molar-refractivity contribution in [2.45, 2.75) is 38.1 Å². The quantitative estimate of drug-likeness (QED) is 0.492. The summed E-state index contributed by atoms with van der Waals surface area (Å²) in [5.41, 5.74) is 2.47. The monoisotopic (exact) mass is 474 g/mol. The van der Waals surface area contributed by atoms with Crippen molar-refractivity contribution in [1.29, 1.82) is 0 Å². The number of carbonyl (C=O) groups is 2. The van der Waals surface area contributed by atoms with E-state index in [4.69, 9.17) is 0 Å². The van der Waals surface area contributed by atoms with Crippen LogP contribution in [0.1, 0.15) is 31.4 Å². The molecule has 2 N–H and O–H groups in total. The highest BCUT2D eigenvalue weighted by Crippen LogP contribution is 2.17. The van der Waals surface area contributed by atoms with Crippen LogP contribution in [-0.2, 0) is 32.6 Å². The lowest BCUT2D eigenvalue weighted by atomic mass is 10.1. The maximum atomic E-state index is 12.6. The first-order chi connectivity index (χ1) is 15.6. The molecular formula is C24H34N4O4S. The van der Waals surface area contributed by atoms with Crippen molar-refractivity contribution in [1.82, 2.24) is 14.5 Å². The summed E-state index contributed by atoms with van der Waals surface area (Å²) < 4.78 is 26.5. The number of carbonyl (C=O) groups excluding carboxylic acids is 2. The summed E-state index contributed by atoms with van der Waals surface area (Å²) in [7, 11) is 0.175. The van der Waals surface area contributed by atoms with E-state index in [2.05, 4.69) is 10.6 Å². The normalized spacial score (nSPS) is 11.6. The van der Waals surface area contributed by atoms with Crippen LogP contribution in [0.4, 0.5) is 5.69 Å². The molecule has 0 saturated carbocycles. The molecule has 0 spiro atoms. The number of nitrogens with one attached hydrogen (secondary N) is 2. The lowest BCUT2D eigenvalue weighted by Gasteiger charge is -2.18. The number of hydrogen-bond donors (Lipinski definition) is 2. The van der Waals surface area contributed by atoms with E-state index in [1.54, 1.807) is 29.2 Å². The van der Waals surface area contributed by atoms with Crippen LogP contribution < -0.4 is 10.6 Å². The number of likely N-dealkylation sites (N-methyl/N-ethyl adjacent to an activating group) is 1. The molecule has 2 aromatic rings. The Labute approximate surface area is 197 Å². The maximum absolute atomic E-state index is 12.6. The van der Waals surface area contributed by atoms with Crippen molar-refractivity contribution in [3.05, 3.63) is 59.7 Å². The van der Waals surface area contributed by atoms with Gasteiger partial charge in [-0.3, -0.25) is 9.59 Å². The van der Waals surface area contributed by atoms with Gasteiger partial charge in [-0.25, -0.2) is 8.42 Å². The van der Waals surface area contributed by atoms with E-state index in [9.17, 15) is 18.0 Å². The molecule has 180 valence electrons. The lowest BCUT2D eigenvalue weighted by molar-refractivity contribution is -0.121. The zero-order chi connectivity index (χ0) is 24.4. The van der Waals surface area contributed by atoms with Crippen LogP contribution >= 0.6 is 0 Å². The minimum Gasteiger partial charge on any atom is -0.352 e. The molecule has 0 aliphatic carbocycles. The Morgan fingerprint density at radius 3 is 2.18 bits per heavy atom. The molecule has 0 aromatic heterocycles. The fourth-order valence-electron chi connectivity index (χ4n) is 3.33. The second kappa shape index (κ2) is 12.5. The van der Waals surface area contributed by atoms with Gasteiger partial charge in [0, 0.05) is 31.7 Å². The highest BCUT2D eigenvalue weighted by molar-refractivity contribution is 7.89. The minimum atomic E-state index is -3.48. The van der Waals surface area contributed by atoms with E-state index in [-0.39, 0.29) is 16.7 Å². The second-order valence-electron chi connectivity index (χ2n) is 8.00. The number of nitrogens with zero attached hydrogens (tertiary/aromatic N) is 2. The van der Waals surface area contributed by atoms with Crippen LogP contribution in [0.5, 0.6) is 0 Å². The highest BCUT2D eigenvalue weighted by atomic mass is 32.2. The third-order valence-corrected chi connectivity index (χ3v) is 7.13. The highest BCUT2D eigenvalue weighted by Gasteiger charge is 2.21. The van der Waals surface area contributed by atoms with Crippen LogP contribution in [0.3, 0.4) is 0 Å². The molecule has 2 amide bonds. The van der Waals surface area contributed by atoms with E-state index in [0.717, 1.165) is 11.1 Å². The summed E-state index contributed by atoms with van der Waals surface area (Å²) in [5.74, 6) is -0.200. The summed E-state index contributed by atoms with van der Waals surface area (Å²) in [4.78, 5) is 26.2. The summed E-state index contributed by atoms with van der Waals surface area (Å²) in [6.45, 7) is 5.12. The zero-order valence-electron chi connectivity index (χ0n) is 19.8. The molecule has 9 heteroatoms. The minimum absolute atomic E-state index is 0.0999. The molecule has 0 unspecified atom stereocenters. The average Bonchev–Trinajstić information content (AvgIpc) is 2.77. The van der Waals surface area contributed by atoms with Gasteiger partial charge >= 0.3 is 0 Å². The largest absolute Gasteiger partial charge is 0.352 e. The summed E-state index contributed by atoms with van der Waals surface area (Å²) in [5, 5.41) is 5.72. The molecule has 0 heterocycles. The second-order valence-corrected chi connectivity index (χ2v) is 9.93.